The molecule has 4 aliphatic carbocycles. The summed E-state index contributed by atoms with van der Waals surface area (Å²) in [5.41, 5.74) is 0.860. The minimum absolute atomic E-state index is 0.0374. The van der Waals surface area contributed by atoms with Crippen molar-refractivity contribution in [2.75, 3.05) is 0 Å². The number of hydrogen-bond donors (Lipinski definition) is 2. The lowest BCUT2D eigenvalue weighted by molar-refractivity contribution is -0.132. The van der Waals surface area contributed by atoms with Crippen LogP contribution in [-0.4, -0.2) is 22.4 Å². The van der Waals surface area contributed by atoms with Crippen molar-refractivity contribution >= 4 is 0 Å². The number of aliphatic hydroxyl groups excluding tert-OH is 2. The number of rotatable bonds is 1. The van der Waals surface area contributed by atoms with Gasteiger partial charge in [0.05, 0.1) is 12.2 Å². The van der Waals surface area contributed by atoms with Gasteiger partial charge in [-0.2, -0.15) is 0 Å². The van der Waals surface area contributed by atoms with Crippen molar-refractivity contribution in [3.8, 4) is 0 Å². The van der Waals surface area contributed by atoms with Gasteiger partial charge in [0.1, 0.15) is 0 Å². The topological polar surface area (TPSA) is 40.5 Å². The Morgan fingerprint density at radius 3 is 2.30 bits per heavy atom. The highest BCUT2D eigenvalue weighted by molar-refractivity contribution is 5.09. The SMILES string of the molecule is C[C@@H](O)C1CCC2C3CC[C@@H]4C[C@@H](O)CC[C@]4(C)C3CC[C@@]21C. The molecule has 4 unspecified atom stereocenters. The first-order valence-corrected chi connectivity index (χ1v) is 10.2. The van der Waals surface area contributed by atoms with E-state index in [0.29, 0.717) is 16.7 Å². The van der Waals surface area contributed by atoms with Gasteiger partial charge in [0.15, 0.2) is 0 Å². The van der Waals surface area contributed by atoms with Crippen LogP contribution < -0.4 is 0 Å². The summed E-state index contributed by atoms with van der Waals surface area (Å²) in [6, 6.07) is 0. The Balaban J connectivity index is 1.60. The molecule has 0 aromatic rings. The van der Waals surface area contributed by atoms with Crippen molar-refractivity contribution in [3.63, 3.8) is 0 Å². The third-order valence-electron chi connectivity index (χ3n) is 9.29. The predicted octanol–water partition coefficient (Wildman–Crippen LogP) is 4.39. The largest absolute Gasteiger partial charge is 0.393 e. The summed E-state index contributed by atoms with van der Waals surface area (Å²) in [7, 11) is 0. The maximum absolute atomic E-state index is 10.3. The van der Waals surface area contributed by atoms with Gasteiger partial charge in [-0.15, -0.1) is 0 Å². The molecule has 0 aromatic heterocycles. The van der Waals surface area contributed by atoms with Gasteiger partial charge in [-0.3, -0.25) is 0 Å². The number of aliphatic hydroxyl groups is 2. The van der Waals surface area contributed by atoms with Crippen LogP contribution in [0.2, 0.25) is 0 Å². The van der Waals surface area contributed by atoms with Gasteiger partial charge in [-0.05, 0) is 105 Å². The number of fused-ring (bicyclic) bond motifs is 5. The second kappa shape index (κ2) is 5.46. The number of hydrogen-bond acceptors (Lipinski definition) is 2. The summed E-state index contributed by atoms with van der Waals surface area (Å²) in [5.74, 6) is 3.87. The molecule has 0 heterocycles. The summed E-state index contributed by atoms with van der Waals surface area (Å²) >= 11 is 0. The molecule has 23 heavy (non-hydrogen) atoms. The molecule has 4 aliphatic rings. The van der Waals surface area contributed by atoms with Gasteiger partial charge in [0, 0.05) is 0 Å². The lowest BCUT2D eigenvalue weighted by Gasteiger charge is -2.61. The molecule has 2 nitrogen and oxygen atoms in total. The highest BCUT2D eigenvalue weighted by Crippen LogP contribution is 2.67. The van der Waals surface area contributed by atoms with Crippen molar-refractivity contribution in [2.45, 2.75) is 90.8 Å². The van der Waals surface area contributed by atoms with E-state index in [0.717, 1.165) is 36.5 Å². The van der Waals surface area contributed by atoms with E-state index in [2.05, 4.69) is 13.8 Å². The minimum Gasteiger partial charge on any atom is -0.393 e. The van der Waals surface area contributed by atoms with Gasteiger partial charge in [-0.1, -0.05) is 13.8 Å². The van der Waals surface area contributed by atoms with Crippen molar-refractivity contribution in [1.82, 2.24) is 0 Å². The zero-order valence-corrected chi connectivity index (χ0v) is 15.3. The Hall–Kier alpha value is -0.0800. The Kier molecular flexibility index (Phi) is 3.89. The van der Waals surface area contributed by atoms with E-state index in [9.17, 15) is 10.2 Å². The highest BCUT2D eigenvalue weighted by Gasteiger charge is 2.60. The molecule has 0 aliphatic heterocycles. The van der Waals surface area contributed by atoms with Crippen molar-refractivity contribution in [1.29, 1.82) is 0 Å². The van der Waals surface area contributed by atoms with E-state index >= 15 is 0 Å². The van der Waals surface area contributed by atoms with Crippen LogP contribution in [-0.2, 0) is 0 Å². The summed E-state index contributed by atoms with van der Waals surface area (Å²) < 4.78 is 0. The monoisotopic (exact) mass is 320 g/mol. The fourth-order valence-electron chi connectivity index (χ4n) is 8.07. The smallest absolute Gasteiger partial charge is 0.0545 e. The fourth-order valence-corrected chi connectivity index (χ4v) is 8.07. The lowest BCUT2D eigenvalue weighted by atomic mass is 9.44. The van der Waals surface area contributed by atoms with E-state index in [1.165, 1.54) is 44.9 Å². The minimum atomic E-state index is -0.140. The average molecular weight is 321 g/mol. The van der Waals surface area contributed by atoms with Crippen LogP contribution in [0, 0.1) is 40.4 Å². The average Bonchev–Trinajstić information content (AvgIpc) is 2.85. The van der Waals surface area contributed by atoms with Crippen molar-refractivity contribution < 1.29 is 10.2 Å². The summed E-state index contributed by atoms with van der Waals surface area (Å²) in [5, 5.41) is 20.4. The van der Waals surface area contributed by atoms with Crippen LogP contribution in [0.3, 0.4) is 0 Å². The molecule has 4 rings (SSSR count). The second-order valence-corrected chi connectivity index (χ2v) is 10.1. The van der Waals surface area contributed by atoms with Gasteiger partial charge in [0.25, 0.3) is 0 Å². The van der Waals surface area contributed by atoms with E-state index < -0.39 is 0 Å². The maximum Gasteiger partial charge on any atom is 0.0545 e. The molecule has 0 spiro atoms. The third kappa shape index (κ3) is 2.27. The van der Waals surface area contributed by atoms with Crippen LogP contribution in [0.15, 0.2) is 0 Å². The Bertz CT molecular complexity index is 461. The molecule has 0 radical (unpaired) electrons. The quantitative estimate of drug-likeness (QED) is 0.752. The van der Waals surface area contributed by atoms with Gasteiger partial charge >= 0.3 is 0 Å². The second-order valence-electron chi connectivity index (χ2n) is 10.1. The van der Waals surface area contributed by atoms with Crippen molar-refractivity contribution in [2.24, 2.45) is 40.4 Å². The Morgan fingerprint density at radius 2 is 1.57 bits per heavy atom. The van der Waals surface area contributed by atoms with Crippen LogP contribution in [0.5, 0.6) is 0 Å². The zero-order valence-electron chi connectivity index (χ0n) is 15.3. The molecule has 0 aromatic carbocycles. The standard InChI is InChI=1S/C21H36O2/c1-13(22)17-6-7-18-16-5-4-14-12-15(23)8-10-20(14,2)19(16)9-11-21(17,18)3/h13-19,22-23H,4-12H2,1-3H3/t13-,14-,15+,16?,17?,18?,19?,20+,21-/m1/s1. The van der Waals surface area contributed by atoms with E-state index in [-0.39, 0.29) is 12.2 Å². The molecule has 4 saturated carbocycles. The first-order valence-electron chi connectivity index (χ1n) is 10.2. The van der Waals surface area contributed by atoms with E-state index in [1.54, 1.807) is 0 Å². The van der Waals surface area contributed by atoms with Crippen LogP contribution in [0.1, 0.15) is 78.6 Å². The van der Waals surface area contributed by atoms with Gasteiger partial charge in [-0.25, -0.2) is 0 Å². The normalized spacial score (nSPS) is 57.3. The summed E-state index contributed by atoms with van der Waals surface area (Å²) in [6.45, 7) is 7.08. The molecule has 132 valence electrons. The van der Waals surface area contributed by atoms with Crippen LogP contribution in [0.4, 0.5) is 0 Å². The molecular weight excluding hydrogens is 284 g/mol. The van der Waals surface area contributed by atoms with Gasteiger partial charge in [0.2, 0.25) is 0 Å². The molecule has 0 amide bonds. The molecule has 0 bridgehead atoms. The summed E-state index contributed by atoms with van der Waals surface area (Å²) in [4.78, 5) is 0. The first kappa shape index (κ1) is 16.4. The Labute approximate surface area is 142 Å². The molecule has 4 fully saturated rings. The van der Waals surface area contributed by atoms with E-state index in [4.69, 9.17) is 0 Å². The van der Waals surface area contributed by atoms with Crippen LogP contribution in [0.25, 0.3) is 0 Å². The molecule has 0 saturated heterocycles. The van der Waals surface area contributed by atoms with Gasteiger partial charge < -0.3 is 10.2 Å². The maximum atomic E-state index is 10.3. The first-order chi connectivity index (χ1) is 10.9. The third-order valence-corrected chi connectivity index (χ3v) is 9.29. The predicted molar refractivity (Wildman–Crippen MR) is 92.9 cm³/mol. The molecule has 2 heteroatoms. The molecule has 9 atom stereocenters. The highest BCUT2D eigenvalue weighted by atomic mass is 16.3. The van der Waals surface area contributed by atoms with Crippen molar-refractivity contribution in [3.05, 3.63) is 0 Å². The summed E-state index contributed by atoms with van der Waals surface area (Å²) in [6.07, 6.45) is 11.1. The molecule has 2 N–H and O–H groups in total. The van der Waals surface area contributed by atoms with E-state index in [1.807, 2.05) is 6.92 Å². The Morgan fingerprint density at radius 1 is 0.870 bits per heavy atom. The zero-order chi connectivity index (χ0) is 16.4. The fraction of sp³-hybridized carbons (Fsp3) is 1.00. The van der Waals surface area contributed by atoms with Crippen LogP contribution >= 0.6 is 0 Å². The lowest BCUT2D eigenvalue weighted by Crippen LogP contribution is -2.54. The molecular formula is C21H36O2.